The maximum absolute atomic E-state index is 13.1. The molecule has 0 aliphatic heterocycles. The minimum absolute atomic E-state index is 0.262. The van der Waals surface area contributed by atoms with E-state index in [1.54, 1.807) is 24.7 Å². The van der Waals surface area contributed by atoms with Crippen molar-refractivity contribution < 1.29 is 9.13 Å². The zero-order chi connectivity index (χ0) is 12.3. The van der Waals surface area contributed by atoms with Crippen molar-refractivity contribution in [3.63, 3.8) is 0 Å². The Morgan fingerprint density at radius 1 is 1.53 bits per heavy atom. The molecule has 0 fully saturated rings. The molecule has 0 unspecified atom stereocenters. The van der Waals surface area contributed by atoms with Crippen LogP contribution in [0.25, 0.3) is 0 Å². The number of ether oxygens (including phenoxy) is 1. The molecular formula is C12H13FN2OS. The van der Waals surface area contributed by atoms with Gasteiger partial charge in [-0.2, -0.15) is 0 Å². The highest BCUT2D eigenvalue weighted by atomic mass is 32.1. The van der Waals surface area contributed by atoms with E-state index in [4.69, 9.17) is 10.5 Å². The lowest BCUT2D eigenvalue weighted by Gasteiger charge is -2.13. The van der Waals surface area contributed by atoms with Gasteiger partial charge >= 0.3 is 0 Å². The fourth-order valence-corrected chi connectivity index (χ4v) is 1.97. The van der Waals surface area contributed by atoms with Crippen LogP contribution in [0.5, 0.6) is 5.75 Å². The van der Waals surface area contributed by atoms with Gasteiger partial charge in [0.2, 0.25) is 0 Å². The van der Waals surface area contributed by atoms with E-state index in [2.05, 4.69) is 4.98 Å². The summed E-state index contributed by atoms with van der Waals surface area (Å²) in [6, 6.07) is 4.12. The number of thiazole rings is 1. The predicted molar refractivity (Wildman–Crippen MR) is 65.4 cm³/mol. The first-order chi connectivity index (χ1) is 8.16. The summed E-state index contributed by atoms with van der Waals surface area (Å²) in [4.78, 5) is 4.98. The van der Waals surface area contributed by atoms with Gasteiger partial charge in [-0.15, -0.1) is 11.3 Å². The van der Waals surface area contributed by atoms with Crippen LogP contribution >= 0.6 is 11.3 Å². The Labute approximate surface area is 103 Å². The van der Waals surface area contributed by atoms with Gasteiger partial charge in [0, 0.05) is 17.8 Å². The molecule has 0 saturated carbocycles. The Hall–Kier alpha value is -1.46. The molecule has 1 atom stereocenters. The lowest BCUT2D eigenvalue weighted by molar-refractivity contribution is 0.304. The number of hydrogen-bond acceptors (Lipinski definition) is 4. The van der Waals surface area contributed by atoms with E-state index < -0.39 is 0 Å². The molecule has 2 rings (SSSR count). The van der Waals surface area contributed by atoms with E-state index in [0.29, 0.717) is 17.9 Å². The van der Waals surface area contributed by atoms with Crippen molar-refractivity contribution in [2.24, 2.45) is 5.73 Å². The molecule has 1 heterocycles. The second-order valence-corrected chi connectivity index (χ2v) is 4.70. The van der Waals surface area contributed by atoms with E-state index in [0.717, 1.165) is 4.88 Å². The van der Waals surface area contributed by atoms with Crippen LogP contribution in [-0.4, -0.2) is 4.98 Å². The summed E-state index contributed by atoms with van der Waals surface area (Å²) in [5.74, 6) is 0.317. The SMILES string of the molecule is C[C@@H](N)c1cc(F)ccc1OCc1cncs1. The van der Waals surface area contributed by atoms with Crippen LogP contribution in [0, 0.1) is 5.82 Å². The van der Waals surface area contributed by atoms with Crippen molar-refractivity contribution in [3.8, 4) is 5.75 Å². The van der Waals surface area contributed by atoms with Crippen LogP contribution in [-0.2, 0) is 6.61 Å². The summed E-state index contributed by atoms with van der Waals surface area (Å²) in [5, 5.41) is 0. The number of aromatic nitrogens is 1. The molecular weight excluding hydrogens is 239 g/mol. The highest BCUT2D eigenvalue weighted by molar-refractivity contribution is 7.09. The second kappa shape index (κ2) is 5.25. The topological polar surface area (TPSA) is 48.1 Å². The van der Waals surface area contributed by atoms with Crippen LogP contribution in [0.1, 0.15) is 23.4 Å². The van der Waals surface area contributed by atoms with Gasteiger partial charge in [-0.3, -0.25) is 4.98 Å². The number of nitrogens with zero attached hydrogens (tertiary/aromatic N) is 1. The highest BCUT2D eigenvalue weighted by Crippen LogP contribution is 2.25. The fraction of sp³-hybridized carbons (Fsp3) is 0.250. The zero-order valence-electron chi connectivity index (χ0n) is 9.39. The second-order valence-electron chi connectivity index (χ2n) is 3.73. The van der Waals surface area contributed by atoms with Crippen LogP contribution in [0.4, 0.5) is 4.39 Å². The van der Waals surface area contributed by atoms with E-state index in [9.17, 15) is 4.39 Å². The molecule has 2 N–H and O–H groups in total. The van der Waals surface area contributed by atoms with Gasteiger partial charge in [0.1, 0.15) is 18.2 Å². The zero-order valence-corrected chi connectivity index (χ0v) is 10.2. The lowest BCUT2D eigenvalue weighted by Crippen LogP contribution is -2.08. The Morgan fingerprint density at radius 2 is 2.35 bits per heavy atom. The standard InChI is InChI=1S/C12H13FN2OS/c1-8(14)11-4-9(13)2-3-12(11)16-6-10-5-15-7-17-10/h2-5,7-8H,6,14H2,1H3/t8-/m1/s1. The van der Waals surface area contributed by atoms with Crippen LogP contribution < -0.4 is 10.5 Å². The van der Waals surface area contributed by atoms with Gasteiger partial charge in [0.15, 0.2) is 0 Å². The molecule has 17 heavy (non-hydrogen) atoms. The molecule has 90 valence electrons. The fourth-order valence-electron chi connectivity index (χ4n) is 1.47. The third-order valence-electron chi connectivity index (χ3n) is 2.32. The molecule has 0 saturated heterocycles. The molecule has 0 aliphatic carbocycles. The van der Waals surface area contributed by atoms with E-state index >= 15 is 0 Å². The van der Waals surface area contributed by atoms with Crippen molar-refractivity contribution in [3.05, 3.63) is 46.2 Å². The molecule has 0 spiro atoms. The summed E-state index contributed by atoms with van der Waals surface area (Å²) >= 11 is 1.52. The minimum Gasteiger partial charge on any atom is -0.488 e. The monoisotopic (exact) mass is 252 g/mol. The minimum atomic E-state index is -0.303. The number of rotatable bonds is 4. The van der Waals surface area contributed by atoms with Crippen molar-refractivity contribution in [1.29, 1.82) is 0 Å². The largest absolute Gasteiger partial charge is 0.488 e. The van der Waals surface area contributed by atoms with Gasteiger partial charge in [0.25, 0.3) is 0 Å². The van der Waals surface area contributed by atoms with Crippen molar-refractivity contribution in [2.45, 2.75) is 19.6 Å². The van der Waals surface area contributed by atoms with Crippen molar-refractivity contribution >= 4 is 11.3 Å². The summed E-state index contributed by atoms with van der Waals surface area (Å²) in [6.45, 7) is 2.23. The van der Waals surface area contributed by atoms with E-state index in [-0.39, 0.29) is 11.9 Å². The lowest BCUT2D eigenvalue weighted by atomic mass is 10.1. The Balaban J connectivity index is 2.14. The quantitative estimate of drug-likeness (QED) is 0.910. The maximum atomic E-state index is 13.1. The Bertz CT molecular complexity index is 485. The van der Waals surface area contributed by atoms with Gasteiger partial charge in [-0.25, -0.2) is 4.39 Å². The van der Waals surface area contributed by atoms with Crippen molar-refractivity contribution in [1.82, 2.24) is 4.98 Å². The normalized spacial score (nSPS) is 12.4. The third kappa shape index (κ3) is 3.01. The molecule has 1 aromatic heterocycles. The van der Waals surface area contributed by atoms with E-state index in [1.807, 2.05) is 0 Å². The van der Waals surface area contributed by atoms with Crippen LogP contribution in [0.2, 0.25) is 0 Å². The number of benzene rings is 1. The van der Waals surface area contributed by atoms with E-state index in [1.165, 1.54) is 23.5 Å². The Kier molecular flexibility index (Phi) is 3.71. The average molecular weight is 252 g/mol. The first-order valence-electron chi connectivity index (χ1n) is 5.22. The molecule has 3 nitrogen and oxygen atoms in total. The van der Waals surface area contributed by atoms with Gasteiger partial charge in [0.05, 0.1) is 10.4 Å². The molecule has 0 bridgehead atoms. The van der Waals surface area contributed by atoms with Crippen LogP contribution in [0.3, 0.4) is 0 Å². The van der Waals surface area contributed by atoms with Crippen molar-refractivity contribution in [2.75, 3.05) is 0 Å². The maximum Gasteiger partial charge on any atom is 0.124 e. The Morgan fingerprint density at radius 3 is 3.00 bits per heavy atom. The molecule has 0 aliphatic rings. The first kappa shape index (κ1) is 12.0. The summed E-state index contributed by atoms with van der Waals surface area (Å²) in [6.07, 6.45) is 1.75. The predicted octanol–water partition coefficient (Wildman–Crippen LogP) is 2.88. The van der Waals surface area contributed by atoms with Gasteiger partial charge < -0.3 is 10.5 Å². The number of hydrogen-bond donors (Lipinski definition) is 1. The van der Waals surface area contributed by atoms with Crippen LogP contribution in [0.15, 0.2) is 29.9 Å². The summed E-state index contributed by atoms with van der Waals surface area (Å²) in [5.41, 5.74) is 8.20. The highest BCUT2D eigenvalue weighted by Gasteiger charge is 2.10. The molecule has 0 amide bonds. The first-order valence-corrected chi connectivity index (χ1v) is 6.10. The summed E-state index contributed by atoms with van der Waals surface area (Å²) < 4.78 is 18.7. The van der Waals surface area contributed by atoms with Gasteiger partial charge in [-0.05, 0) is 25.1 Å². The molecule has 5 heteroatoms. The number of nitrogens with two attached hydrogens (primary N) is 1. The average Bonchev–Trinajstić information content (AvgIpc) is 2.80. The smallest absolute Gasteiger partial charge is 0.124 e. The third-order valence-corrected chi connectivity index (χ3v) is 3.07. The number of halogens is 1. The molecule has 1 aromatic carbocycles. The van der Waals surface area contributed by atoms with Gasteiger partial charge in [-0.1, -0.05) is 0 Å². The summed E-state index contributed by atoms with van der Waals surface area (Å²) in [7, 11) is 0. The molecule has 0 radical (unpaired) electrons. The molecule has 2 aromatic rings.